The van der Waals surface area contributed by atoms with Gasteiger partial charge in [-0.25, -0.2) is 0 Å². The monoisotopic (exact) mass is 254 g/mol. The Kier molecular flexibility index (Phi) is 6.69. The zero-order valence-electron chi connectivity index (χ0n) is 12.3. The van der Waals surface area contributed by atoms with Gasteiger partial charge in [0.25, 0.3) is 0 Å². The Labute approximate surface area is 112 Å². The van der Waals surface area contributed by atoms with Gasteiger partial charge in [0.05, 0.1) is 6.54 Å². The van der Waals surface area contributed by atoms with Gasteiger partial charge in [-0.2, -0.15) is 0 Å². The normalized spacial score (nSPS) is 18.9. The third kappa shape index (κ3) is 5.38. The maximum absolute atomic E-state index is 11.7. The van der Waals surface area contributed by atoms with E-state index in [4.69, 9.17) is 0 Å². The van der Waals surface area contributed by atoms with Crippen molar-refractivity contribution in [3.05, 3.63) is 0 Å². The van der Waals surface area contributed by atoms with Gasteiger partial charge in [-0.05, 0) is 31.1 Å². The summed E-state index contributed by atoms with van der Waals surface area (Å²) in [5, 5.41) is 6.40. The summed E-state index contributed by atoms with van der Waals surface area (Å²) < 4.78 is 0. The fraction of sp³-hybridized carbons (Fsp3) is 0.933. The van der Waals surface area contributed by atoms with Crippen molar-refractivity contribution in [3.8, 4) is 0 Å². The zero-order valence-corrected chi connectivity index (χ0v) is 12.3. The Morgan fingerprint density at radius 2 is 1.78 bits per heavy atom. The number of carbonyl (C=O) groups excluding carboxylic acids is 1. The highest BCUT2D eigenvalue weighted by atomic mass is 16.1. The van der Waals surface area contributed by atoms with Crippen LogP contribution in [0.2, 0.25) is 0 Å². The van der Waals surface area contributed by atoms with Gasteiger partial charge in [0.15, 0.2) is 0 Å². The molecule has 0 unspecified atom stereocenters. The maximum atomic E-state index is 11.7. The van der Waals surface area contributed by atoms with E-state index in [-0.39, 0.29) is 5.91 Å². The molecule has 0 aromatic carbocycles. The first kappa shape index (κ1) is 15.5. The van der Waals surface area contributed by atoms with Gasteiger partial charge < -0.3 is 10.6 Å². The highest BCUT2D eigenvalue weighted by Crippen LogP contribution is 2.34. The third-order valence-electron chi connectivity index (χ3n) is 4.25. The van der Waals surface area contributed by atoms with Crippen LogP contribution in [0, 0.1) is 5.41 Å². The summed E-state index contributed by atoms with van der Waals surface area (Å²) in [6.07, 6.45) is 8.70. The molecule has 0 bridgehead atoms. The van der Waals surface area contributed by atoms with E-state index in [1.165, 1.54) is 32.1 Å². The van der Waals surface area contributed by atoms with Gasteiger partial charge in [0.1, 0.15) is 0 Å². The summed E-state index contributed by atoms with van der Waals surface area (Å²) >= 11 is 0. The molecule has 0 aliphatic heterocycles. The van der Waals surface area contributed by atoms with Crippen LogP contribution in [0.4, 0.5) is 0 Å². The van der Waals surface area contributed by atoms with Crippen LogP contribution in [-0.2, 0) is 4.79 Å². The number of hydrogen-bond donors (Lipinski definition) is 2. The second kappa shape index (κ2) is 7.78. The molecule has 1 aliphatic carbocycles. The van der Waals surface area contributed by atoms with Gasteiger partial charge in [-0.1, -0.05) is 40.0 Å². The van der Waals surface area contributed by atoms with Gasteiger partial charge in [-0.3, -0.25) is 4.79 Å². The number of hydrogen-bond acceptors (Lipinski definition) is 2. The van der Waals surface area contributed by atoms with E-state index < -0.39 is 0 Å². The van der Waals surface area contributed by atoms with Crippen LogP contribution >= 0.6 is 0 Å². The van der Waals surface area contributed by atoms with E-state index in [0.29, 0.717) is 18.0 Å². The average molecular weight is 254 g/mol. The topological polar surface area (TPSA) is 41.1 Å². The summed E-state index contributed by atoms with van der Waals surface area (Å²) in [5.74, 6) is 0.142. The summed E-state index contributed by atoms with van der Waals surface area (Å²) in [5.41, 5.74) is 0.410. The Morgan fingerprint density at radius 1 is 1.17 bits per heavy atom. The molecule has 0 heterocycles. The molecule has 3 heteroatoms. The van der Waals surface area contributed by atoms with E-state index >= 15 is 0 Å². The van der Waals surface area contributed by atoms with Crippen LogP contribution in [0.15, 0.2) is 0 Å². The van der Waals surface area contributed by atoms with Crippen molar-refractivity contribution in [2.24, 2.45) is 5.41 Å². The van der Waals surface area contributed by atoms with Gasteiger partial charge >= 0.3 is 0 Å². The Hall–Kier alpha value is -0.570. The second-order valence-corrected chi connectivity index (χ2v) is 6.06. The largest absolute Gasteiger partial charge is 0.352 e. The molecule has 3 nitrogen and oxygen atoms in total. The minimum Gasteiger partial charge on any atom is -0.352 e. The van der Waals surface area contributed by atoms with Crippen molar-refractivity contribution < 1.29 is 4.79 Å². The molecular formula is C15H30N2O. The van der Waals surface area contributed by atoms with Gasteiger partial charge in [-0.15, -0.1) is 0 Å². The molecule has 0 saturated heterocycles. The van der Waals surface area contributed by atoms with Gasteiger partial charge in [0, 0.05) is 12.6 Å². The van der Waals surface area contributed by atoms with E-state index in [1.807, 2.05) is 0 Å². The molecule has 18 heavy (non-hydrogen) atoms. The molecule has 0 atom stereocenters. The van der Waals surface area contributed by atoms with Crippen molar-refractivity contribution in [2.75, 3.05) is 13.1 Å². The zero-order chi connectivity index (χ0) is 13.4. The molecule has 106 valence electrons. The number of rotatable bonds is 7. The lowest BCUT2D eigenvalue weighted by atomic mass is 9.76. The summed E-state index contributed by atoms with van der Waals surface area (Å²) in [6.45, 7) is 8.02. The SMILES string of the molecule is CCC(CC)NC(=O)CNCC1(C)CCCCC1. The van der Waals surface area contributed by atoms with Crippen molar-refractivity contribution >= 4 is 5.91 Å². The van der Waals surface area contributed by atoms with Crippen LogP contribution in [0.25, 0.3) is 0 Å². The predicted molar refractivity (Wildman–Crippen MR) is 76.6 cm³/mol. The van der Waals surface area contributed by atoms with Crippen LogP contribution in [0.5, 0.6) is 0 Å². The van der Waals surface area contributed by atoms with Crippen molar-refractivity contribution in [2.45, 2.75) is 71.8 Å². The summed E-state index contributed by atoms with van der Waals surface area (Å²) in [4.78, 5) is 11.7. The van der Waals surface area contributed by atoms with Crippen molar-refractivity contribution in [1.82, 2.24) is 10.6 Å². The van der Waals surface area contributed by atoms with Gasteiger partial charge in [0.2, 0.25) is 5.91 Å². The van der Waals surface area contributed by atoms with Crippen molar-refractivity contribution in [1.29, 1.82) is 0 Å². The van der Waals surface area contributed by atoms with Crippen LogP contribution in [0.1, 0.15) is 65.7 Å². The predicted octanol–water partition coefficient (Wildman–Crippen LogP) is 2.85. The van der Waals surface area contributed by atoms with E-state index in [9.17, 15) is 4.79 Å². The molecule has 1 rings (SSSR count). The number of amides is 1. The molecule has 1 saturated carbocycles. The fourth-order valence-corrected chi connectivity index (χ4v) is 2.83. The van der Waals surface area contributed by atoms with Crippen LogP contribution in [0.3, 0.4) is 0 Å². The summed E-state index contributed by atoms with van der Waals surface area (Å²) in [6, 6.07) is 0.338. The van der Waals surface area contributed by atoms with E-state index in [0.717, 1.165) is 19.4 Å². The lowest BCUT2D eigenvalue weighted by Gasteiger charge is -2.33. The molecule has 1 fully saturated rings. The molecule has 0 radical (unpaired) electrons. The standard InChI is InChI=1S/C15H30N2O/c1-4-13(5-2)17-14(18)11-16-12-15(3)9-7-6-8-10-15/h13,16H,4-12H2,1-3H3,(H,17,18). The molecule has 0 aromatic rings. The lowest BCUT2D eigenvalue weighted by molar-refractivity contribution is -0.121. The smallest absolute Gasteiger partial charge is 0.234 e. The molecule has 1 amide bonds. The first-order valence-electron chi connectivity index (χ1n) is 7.59. The minimum absolute atomic E-state index is 0.142. The first-order chi connectivity index (χ1) is 8.59. The van der Waals surface area contributed by atoms with Crippen LogP contribution in [-0.4, -0.2) is 25.0 Å². The molecular weight excluding hydrogens is 224 g/mol. The molecule has 0 spiro atoms. The Balaban J connectivity index is 2.18. The van der Waals surface area contributed by atoms with Crippen molar-refractivity contribution in [3.63, 3.8) is 0 Å². The number of nitrogens with one attached hydrogen (secondary N) is 2. The Bertz CT molecular complexity index is 243. The summed E-state index contributed by atoms with van der Waals surface area (Å²) in [7, 11) is 0. The van der Waals surface area contributed by atoms with E-state index in [2.05, 4.69) is 31.4 Å². The molecule has 2 N–H and O–H groups in total. The third-order valence-corrected chi connectivity index (χ3v) is 4.25. The fourth-order valence-electron chi connectivity index (χ4n) is 2.83. The highest BCUT2D eigenvalue weighted by molar-refractivity contribution is 5.78. The lowest BCUT2D eigenvalue weighted by Crippen LogP contribution is -2.43. The quantitative estimate of drug-likeness (QED) is 0.733. The minimum atomic E-state index is 0.142. The van der Waals surface area contributed by atoms with Crippen LogP contribution < -0.4 is 10.6 Å². The Morgan fingerprint density at radius 3 is 2.33 bits per heavy atom. The maximum Gasteiger partial charge on any atom is 0.234 e. The molecule has 0 aromatic heterocycles. The second-order valence-electron chi connectivity index (χ2n) is 6.06. The molecule has 1 aliphatic rings. The average Bonchev–Trinajstić information content (AvgIpc) is 2.36. The first-order valence-corrected chi connectivity index (χ1v) is 7.59. The number of carbonyl (C=O) groups is 1. The van der Waals surface area contributed by atoms with E-state index in [1.54, 1.807) is 0 Å². The highest BCUT2D eigenvalue weighted by Gasteiger charge is 2.26.